The summed E-state index contributed by atoms with van der Waals surface area (Å²) in [4.78, 5) is 27.0. The number of benzene rings is 3. The lowest BCUT2D eigenvalue weighted by atomic mass is 9.99. The Morgan fingerprint density at radius 3 is 2.59 bits per heavy atom. The molecule has 0 spiro atoms. The van der Waals surface area contributed by atoms with E-state index in [1.165, 1.54) is 5.56 Å². The fraction of sp³-hybridized carbons (Fsp3) is 0.280. The third-order valence-corrected chi connectivity index (χ3v) is 5.75. The Hall–Kier alpha value is -3.14. The minimum absolute atomic E-state index is 0.0407. The first-order valence-electron chi connectivity index (χ1n) is 10.2. The largest absolute Gasteiger partial charge is 0.349 e. The summed E-state index contributed by atoms with van der Waals surface area (Å²) in [5.74, 6) is -0.254. The Labute approximate surface area is 171 Å². The number of hydrogen-bond donors (Lipinski definition) is 1. The zero-order valence-electron chi connectivity index (χ0n) is 16.7. The highest BCUT2D eigenvalue weighted by molar-refractivity contribution is 5.90. The Morgan fingerprint density at radius 2 is 1.76 bits per heavy atom. The van der Waals surface area contributed by atoms with E-state index in [0.717, 1.165) is 22.8 Å². The molecule has 3 aromatic carbocycles. The molecule has 1 N–H and O–H groups in total. The summed E-state index contributed by atoms with van der Waals surface area (Å²) in [6, 6.07) is 24.4. The first kappa shape index (κ1) is 19.2. The molecule has 4 heteroatoms. The van der Waals surface area contributed by atoms with Gasteiger partial charge in [-0.2, -0.15) is 0 Å². The summed E-state index contributed by atoms with van der Waals surface area (Å²) in [6.45, 7) is 3.16. The molecule has 2 amide bonds. The lowest BCUT2D eigenvalue weighted by Crippen LogP contribution is -2.35. The number of rotatable bonds is 6. The van der Waals surface area contributed by atoms with Crippen LogP contribution in [0.25, 0.3) is 10.8 Å². The molecule has 0 radical (unpaired) electrons. The molecule has 1 aliphatic heterocycles. The van der Waals surface area contributed by atoms with Gasteiger partial charge < -0.3 is 10.2 Å². The lowest BCUT2D eigenvalue weighted by Gasteiger charge is -2.20. The Bertz CT molecular complexity index is 1010. The van der Waals surface area contributed by atoms with Crippen molar-refractivity contribution in [1.82, 2.24) is 10.2 Å². The average molecular weight is 386 g/mol. The van der Waals surface area contributed by atoms with Gasteiger partial charge in [0.15, 0.2) is 0 Å². The van der Waals surface area contributed by atoms with Crippen molar-refractivity contribution in [3.05, 3.63) is 83.9 Å². The lowest BCUT2D eigenvalue weighted by molar-refractivity contribution is -0.129. The molecule has 0 bridgehead atoms. The molecule has 1 saturated heterocycles. The molecule has 0 aromatic heterocycles. The second kappa shape index (κ2) is 8.48. The van der Waals surface area contributed by atoms with E-state index in [9.17, 15) is 9.59 Å². The summed E-state index contributed by atoms with van der Waals surface area (Å²) in [5, 5.41) is 5.44. The van der Waals surface area contributed by atoms with Crippen LogP contribution in [-0.4, -0.2) is 29.8 Å². The predicted octanol–water partition coefficient (Wildman–Crippen LogP) is 4.11. The van der Waals surface area contributed by atoms with E-state index >= 15 is 0 Å². The van der Waals surface area contributed by atoms with E-state index in [1.807, 2.05) is 48.2 Å². The van der Waals surface area contributed by atoms with E-state index in [0.29, 0.717) is 19.5 Å². The van der Waals surface area contributed by atoms with Gasteiger partial charge in [0, 0.05) is 19.5 Å². The van der Waals surface area contributed by atoms with E-state index in [2.05, 4.69) is 41.7 Å². The summed E-state index contributed by atoms with van der Waals surface area (Å²) >= 11 is 0. The molecule has 29 heavy (non-hydrogen) atoms. The first-order chi connectivity index (χ1) is 14.1. The average Bonchev–Trinajstić information content (AvgIpc) is 3.13. The zero-order chi connectivity index (χ0) is 20.2. The topological polar surface area (TPSA) is 49.4 Å². The minimum atomic E-state index is -0.282. The number of fused-ring (bicyclic) bond motifs is 1. The Morgan fingerprint density at radius 1 is 1.03 bits per heavy atom. The van der Waals surface area contributed by atoms with Crippen LogP contribution in [0, 0.1) is 5.92 Å². The summed E-state index contributed by atoms with van der Waals surface area (Å²) in [6.07, 6.45) is 1.11. The number of amides is 2. The highest BCUT2D eigenvalue weighted by Gasteiger charge is 2.34. The molecule has 3 aromatic rings. The van der Waals surface area contributed by atoms with Gasteiger partial charge in [0.05, 0.1) is 12.0 Å². The maximum atomic E-state index is 12.8. The zero-order valence-corrected chi connectivity index (χ0v) is 16.7. The SMILES string of the molecule is CC(NC(=O)C1CC(=O)N(CCc2ccccc2)C1)c1cccc2ccccc12. The van der Waals surface area contributed by atoms with Crippen molar-refractivity contribution in [2.24, 2.45) is 5.92 Å². The smallest absolute Gasteiger partial charge is 0.225 e. The van der Waals surface area contributed by atoms with Crippen molar-refractivity contribution in [3.63, 3.8) is 0 Å². The molecular weight excluding hydrogens is 360 g/mol. The number of likely N-dealkylation sites (tertiary alicyclic amines) is 1. The Balaban J connectivity index is 1.38. The second-order valence-electron chi connectivity index (χ2n) is 7.78. The molecule has 148 valence electrons. The second-order valence-corrected chi connectivity index (χ2v) is 7.78. The van der Waals surface area contributed by atoms with Crippen LogP contribution in [0.1, 0.15) is 30.5 Å². The third-order valence-electron chi connectivity index (χ3n) is 5.75. The molecule has 4 rings (SSSR count). The van der Waals surface area contributed by atoms with Crippen LogP contribution >= 0.6 is 0 Å². The molecule has 1 heterocycles. The van der Waals surface area contributed by atoms with E-state index < -0.39 is 0 Å². The van der Waals surface area contributed by atoms with Gasteiger partial charge >= 0.3 is 0 Å². The summed E-state index contributed by atoms with van der Waals surface area (Å²) in [5.41, 5.74) is 2.31. The van der Waals surface area contributed by atoms with Crippen LogP contribution in [-0.2, 0) is 16.0 Å². The normalized spacial score (nSPS) is 17.5. The number of hydrogen-bond acceptors (Lipinski definition) is 2. The minimum Gasteiger partial charge on any atom is -0.349 e. The van der Waals surface area contributed by atoms with Crippen LogP contribution in [0.15, 0.2) is 72.8 Å². The maximum Gasteiger partial charge on any atom is 0.225 e. The van der Waals surface area contributed by atoms with Gasteiger partial charge in [0.2, 0.25) is 11.8 Å². The molecule has 4 nitrogen and oxygen atoms in total. The van der Waals surface area contributed by atoms with Gasteiger partial charge in [-0.1, -0.05) is 72.8 Å². The summed E-state index contributed by atoms with van der Waals surface area (Å²) < 4.78 is 0. The van der Waals surface area contributed by atoms with Crippen molar-refractivity contribution in [2.75, 3.05) is 13.1 Å². The molecule has 0 aliphatic carbocycles. The van der Waals surface area contributed by atoms with E-state index in [4.69, 9.17) is 0 Å². The standard InChI is InChI=1S/C25H26N2O2/c1-18(22-13-7-11-20-10-5-6-12-23(20)22)26-25(29)21-16-24(28)27(17-21)15-14-19-8-3-2-4-9-19/h2-13,18,21H,14-17H2,1H3,(H,26,29). The highest BCUT2D eigenvalue weighted by atomic mass is 16.2. The molecule has 1 fully saturated rings. The van der Waals surface area contributed by atoms with Crippen molar-refractivity contribution in [3.8, 4) is 0 Å². The predicted molar refractivity (Wildman–Crippen MR) is 115 cm³/mol. The molecular formula is C25H26N2O2. The fourth-order valence-corrected chi connectivity index (χ4v) is 4.11. The first-order valence-corrected chi connectivity index (χ1v) is 10.2. The van der Waals surface area contributed by atoms with Crippen LogP contribution < -0.4 is 5.32 Å². The van der Waals surface area contributed by atoms with Gasteiger partial charge in [0.25, 0.3) is 0 Å². The van der Waals surface area contributed by atoms with Crippen LogP contribution in [0.5, 0.6) is 0 Å². The monoisotopic (exact) mass is 386 g/mol. The van der Waals surface area contributed by atoms with Gasteiger partial charge in [0.1, 0.15) is 0 Å². The number of nitrogens with zero attached hydrogens (tertiary/aromatic N) is 1. The van der Waals surface area contributed by atoms with Crippen LogP contribution in [0.3, 0.4) is 0 Å². The molecule has 0 saturated carbocycles. The third kappa shape index (κ3) is 4.32. The molecule has 1 aliphatic rings. The highest BCUT2D eigenvalue weighted by Crippen LogP contribution is 2.25. The number of carbonyl (C=O) groups excluding carboxylic acids is 2. The number of carbonyl (C=O) groups is 2. The van der Waals surface area contributed by atoms with Crippen molar-refractivity contribution in [2.45, 2.75) is 25.8 Å². The van der Waals surface area contributed by atoms with Crippen molar-refractivity contribution in [1.29, 1.82) is 0 Å². The quantitative estimate of drug-likeness (QED) is 0.693. The van der Waals surface area contributed by atoms with E-state index in [1.54, 1.807) is 0 Å². The number of nitrogens with one attached hydrogen (secondary N) is 1. The fourth-order valence-electron chi connectivity index (χ4n) is 4.11. The van der Waals surface area contributed by atoms with Crippen molar-refractivity contribution < 1.29 is 9.59 Å². The van der Waals surface area contributed by atoms with Gasteiger partial charge in [-0.3, -0.25) is 9.59 Å². The maximum absolute atomic E-state index is 12.8. The van der Waals surface area contributed by atoms with E-state index in [-0.39, 0.29) is 23.8 Å². The van der Waals surface area contributed by atoms with Crippen molar-refractivity contribution >= 4 is 22.6 Å². The molecule has 2 unspecified atom stereocenters. The van der Waals surface area contributed by atoms with Crippen LogP contribution in [0.2, 0.25) is 0 Å². The van der Waals surface area contributed by atoms with Gasteiger partial charge in [-0.05, 0) is 35.2 Å². The van der Waals surface area contributed by atoms with Crippen LogP contribution in [0.4, 0.5) is 0 Å². The van der Waals surface area contributed by atoms with Gasteiger partial charge in [-0.25, -0.2) is 0 Å². The Kier molecular flexibility index (Phi) is 5.61. The summed E-state index contributed by atoms with van der Waals surface area (Å²) in [7, 11) is 0. The van der Waals surface area contributed by atoms with Gasteiger partial charge in [-0.15, -0.1) is 0 Å². The molecule has 2 atom stereocenters.